The zero-order chi connectivity index (χ0) is 14.5. The first kappa shape index (κ1) is 15.3. The molecule has 1 aromatic carbocycles. The largest absolute Gasteiger partial charge is 0.374 e. The fraction of sp³-hybridized carbons (Fsp3) is 0.214. The number of carbonyl (C=O) groups is 1. The maximum atomic E-state index is 12.0. The van der Waals surface area contributed by atoms with Crippen LogP contribution in [0, 0.1) is 0 Å². The fourth-order valence-corrected chi connectivity index (χ4v) is 3.09. The van der Waals surface area contributed by atoms with Crippen molar-refractivity contribution in [2.45, 2.75) is 6.10 Å². The predicted octanol–water partition coefficient (Wildman–Crippen LogP) is 4.17. The molecule has 0 fully saturated rings. The van der Waals surface area contributed by atoms with Gasteiger partial charge in [-0.05, 0) is 24.3 Å². The maximum absolute atomic E-state index is 12.0. The summed E-state index contributed by atoms with van der Waals surface area (Å²) < 4.78 is 6.06. The molecule has 1 aromatic heterocycles. The van der Waals surface area contributed by atoms with Crippen LogP contribution in [0.2, 0.25) is 9.36 Å². The van der Waals surface area contributed by atoms with Gasteiger partial charge in [-0.3, -0.25) is 4.79 Å². The van der Waals surface area contributed by atoms with Crippen LogP contribution in [0.15, 0.2) is 36.4 Å². The molecule has 1 atom stereocenters. The molecule has 6 heteroatoms. The number of ether oxygens (including phenoxy) is 1. The zero-order valence-electron chi connectivity index (χ0n) is 10.7. The van der Waals surface area contributed by atoms with Crippen molar-refractivity contribution >= 4 is 40.4 Å². The molecule has 0 unspecified atom stereocenters. The molecule has 3 nitrogen and oxygen atoms in total. The summed E-state index contributed by atoms with van der Waals surface area (Å²) in [5.74, 6) is -0.222. The average molecular weight is 330 g/mol. The molecule has 2 rings (SSSR count). The van der Waals surface area contributed by atoms with E-state index in [0.717, 1.165) is 4.88 Å². The number of rotatable bonds is 5. The highest BCUT2D eigenvalue weighted by atomic mass is 35.5. The van der Waals surface area contributed by atoms with Gasteiger partial charge in [0.25, 0.3) is 5.91 Å². The van der Waals surface area contributed by atoms with Gasteiger partial charge < -0.3 is 10.1 Å². The van der Waals surface area contributed by atoms with Crippen LogP contribution in [0.1, 0.15) is 21.3 Å². The van der Waals surface area contributed by atoms with Gasteiger partial charge in [0, 0.05) is 18.5 Å². The monoisotopic (exact) mass is 329 g/mol. The topological polar surface area (TPSA) is 38.3 Å². The van der Waals surface area contributed by atoms with E-state index in [9.17, 15) is 4.79 Å². The summed E-state index contributed by atoms with van der Waals surface area (Å²) in [7, 11) is 1.60. The summed E-state index contributed by atoms with van der Waals surface area (Å²) in [6, 6.07) is 10.6. The third kappa shape index (κ3) is 3.73. The Morgan fingerprint density at radius 1 is 1.30 bits per heavy atom. The first-order chi connectivity index (χ1) is 9.61. The second-order valence-corrected chi connectivity index (χ2v) is 6.21. The first-order valence-corrected chi connectivity index (χ1v) is 7.50. The van der Waals surface area contributed by atoms with Crippen LogP contribution in [0.5, 0.6) is 0 Å². The van der Waals surface area contributed by atoms with Gasteiger partial charge in [-0.25, -0.2) is 0 Å². The molecule has 1 N–H and O–H groups in total. The zero-order valence-corrected chi connectivity index (χ0v) is 13.1. The van der Waals surface area contributed by atoms with Crippen LogP contribution < -0.4 is 5.32 Å². The minimum Gasteiger partial charge on any atom is -0.374 e. The van der Waals surface area contributed by atoms with Gasteiger partial charge >= 0.3 is 0 Å². The normalized spacial score (nSPS) is 12.2. The van der Waals surface area contributed by atoms with Crippen LogP contribution in [0.4, 0.5) is 0 Å². The van der Waals surface area contributed by atoms with Crippen LogP contribution in [-0.2, 0) is 4.74 Å². The molecule has 1 amide bonds. The van der Waals surface area contributed by atoms with Crippen molar-refractivity contribution in [1.82, 2.24) is 5.32 Å². The predicted molar refractivity (Wildman–Crippen MR) is 82.9 cm³/mol. The Labute approximate surface area is 131 Å². The lowest BCUT2D eigenvalue weighted by Gasteiger charge is -2.15. The number of nitrogens with one attached hydrogen (secondary N) is 1. The molecular weight excluding hydrogens is 317 g/mol. The molecule has 0 bridgehead atoms. The maximum Gasteiger partial charge on any atom is 0.252 e. The van der Waals surface area contributed by atoms with E-state index in [1.807, 2.05) is 12.1 Å². The Balaban J connectivity index is 2.00. The van der Waals surface area contributed by atoms with Gasteiger partial charge in [0.15, 0.2) is 0 Å². The minimum atomic E-state index is -0.223. The van der Waals surface area contributed by atoms with E-state index in [0.29, 0.717) is 21.5 Å². The average Bonchev–Trinajstić information content (AvgIpc) is 2.86. The fourth-order valence-electron chi connectivity index (χ4n) is 1.73. The third-order valence-electron chi connectivity index (χ3n) is 2.76. The number of benzene rings is 1. The summed E-state index contributed by atoms with van der Waals surface area (Å²) in [6.07, 6.45) is -0.223. The van der Waals surface area contributed by atoms with Crippen molar-refractivity contribution in [3.63, 3.8) is 0 Å². The molecular formula is C14H13Cl2NO2S. The second kappa shape index (κ2) is 7.09. The number of halogens is 2. The first-order valence-electron chi connectivity index (χ1n) is 5.92. The van der Waals surface area contributed by atoms with Crippen molar-refractivity contribution in [1.29, 1.82) is 0 Å². The lowest BCUT2D eigenvalue weighted by molar-refractivity contribution is 0.0838. The Morgan fingerprint density at radius 2 is 2.05 bits per heavy atom. The van der Waals surface area contributed by atoms with Crippen molar-refractivity contribution < 1.29 is 9.53 Å². The highest BCUT2D eigenvalue weighted by Gasteiger charge is 2.16. The van der Waals surface area contributed by atoms with E-state index in [2.05, 4.69) is 5.32 Å². The highest BCUT2D eigenvalue weighted by Crippen LogP contribution is 2.28. The quantitative estimate of drug-likeness (QED) is 0.893. The number of hydrogen-bond donors (Lipinski definition) is 1. The Bertz CT molecular complexity index is 600. The summed E-state index contributed by atoms with van der Waals surface area (Å²) in [6.45, 7) is 0.359. The lowest BCUT2D eigenvalue weighted by atomic mass is 10.2. The summed E-state index contributed by atoms with van der Waals surface area (Å²) in [4.78, 5) is 13.0. The van der Waals surface area contributed by atoms with Crippen LogP contribution >= 0.6 is 34.5 Å². The van der Waals surface area contributed by atoms with E-state index in [1.165, 1.54) is 11.3 Å². The molecule has 0 aliphatic rings. The van der Waals surface area contributed by atoms with Crippen molar-refractivity contribution in [3.8, 4) is 0 Å². The van der Waals surface area contributed by atoms with Crippen LogP contribution in [-0.4, -0.2) is 19.6 Å². The van der Waals surface area contributed by atoms with Gasteiger partial charge in [-0.15, -0.1) is 11.3 Å². The molecule has 2 aromatic rings. The molecule has 106 valence electrons. The summed E-state index contributed by atoms with van der Waals surface area (Å²) >= 11 is 13.3. The SMILES string of the molecule is CO[C@H](CNC(=O)c1ccccc1Cl)c1ccc(Cl)s1. The number of methoxy groups -OCH3 is 1. The van der Waals surface area contributed by atoms with Gasteiger partial charge in [-0.1, -0.05) is 35.3 Å². The van der Waals surface area contributed by atoms with Crippen LogP contribution in [0.3, 0.4) is 0 Å². The molecule has 0 aliphatic carbocycles. The van der Waals surface area contributed by atoms with Gasteiger partial charge in [-0.2, -0.15) is 0 Å². The van der Waals surface area contributed by atoms with Crippen molar-refractivity contribution in [3.05, 3.63) is 56.2 Å². The van der Waals surface area contributed by atoms with E-state index < -0.39 is 0 Å². The molecule has 0 aliphatic heterocycles. The second-order valence-electron chi connectivity index (χ2n) is 4.06. The summed E-state index contributed by atoms with van der Waals surface area (Å²) in [5.41, 5.74) is 0.452. The van der Waals surface area contributed by atoms with Gasteiger partial charge in [0.1, 0.15) is 6.10 Å². The Kier molecular flexibility index (Phi) is 5.43. The molecule has 0 saturated heterocycles. The minimum absolute atomic E-state index is 0.222. The molecule has 0 spiro atoms. The third-order valence-corrected chi connectivity index (χ3v) is 4.42. The van der Waals surface area contributed by atoms with Gasteiger partial charge in [0.2, 0.25) is 0 Å². The standard InChI is InChI=1S/C14H13Cl2NO2S/c1-19-11(12-6-7-13(16)20-12)8-17-14(18)9-4-2-3-5-10(9)15/h2-7,11H,8H2,1H3,(H,17,18)/t11-/m1/s1. The number of amides is 1. The molecule has 1 heterocycles. The molecule has 20 heavy (non-hydrogen) atoms. The lowest BCUT2D eigenvalue weighted by Crippen LogP contribution is -2.29. The van der Waals surface area contributed by atoms with Gasteiger partial charge in [0.05, 0.1) is 14.9 Å². The van der Waals surface area contributed by atoms with E-state index in [-0.39, 0.29) is 12.0 Å². The number of hydrogen-bond acceptors (Lipinski definition) is 3. The number of thiophene rings is 1. The summed E-state index contributed by atoms with van der Waals surface area (Å²) in [5, 5.41) is 3.24. The number of carbonyl (C=O) groups excluding carboxylic acids is 1. The van der Waals surface area contributed by atoms with Crippen molar-refractivity contribution in [2.24, 2.45) is 0 Å². The smallest absolute Gasteiger partial charge is 0.252 e. The van der Waals surface area contributed by atoms with E-state index in [4.69, 9.17) is 27.9 Å². The Morgan fingerprint density at radius 3 is 2.65 bits per heavy atom. The van der Waals surface area contributed by atoms with Crippen LogP contribution in [0.25, 0.3) is 0 Å². The van der Waals surface area contributed by atoms with E-state index in [1.54, 1.807) is 31.4 Å². The molecule has 0 saturated carbocycles. The highest BCUT2D eigenvalue weighted by molar-refractivity contribution is 7.16. The van der Waals surface area contributed by atoms with E-state index >= 15 is 0 Å². The Hall–Kier alpha value is -1.07. The molecule has 0 radical (unpaired) electrons. The van der Waals surface area contributed by atoms with Crippen molar-refractivity contribution in [2.75, 3.05) is 13.7 Å².